The molecule has 0 fully saturated rings. The molecule has 0 aliphatic heterocycles. The minimum atomic E-state index is 0.117. The van der Waals surface area contributed by atoms with Gasteiger partial charge in [0.25, 0.3) is 0 Å². The Hall–Kier alpha value is -0.690. The second-order valence-electron chi connectivity index (χ2n) is 3.57. The summed E-state index contributed by atoms with van der Waals surface area (Å²) in [5.41, 5.74) is 3.87. The van der Waals surface area contributed by atoms with Crippen molar-refractivity contribution in [2.75, 3.05) is 0 Å². The van der Waals surface area contributed by atoms with Crippen LogP contribution in [0.2, 0.25) is 0 Å². The molecule has 0 aromatic carbocycles. The van der Waals surface area contributed by atoms with Crippen molar-refractivity contribution in [3.8, 4) is 0 Å². The molecule has 0 saturated heterocycles. The van der Waals surface area contributed by atoms with Crippen molar-refractivity contribution in [2.45, 2.75) is 12.5 Å². The standard InChI is InChI=1S/C10H13BrN4S/c1-15-3-2-8(14-15)5-9(13-12)10-4-7(11)6-16-10/h2-4,6,9,13H,5,12H2,1H3. The zero-order valence-electron chi connectivity index (χ0n) is 8.85. The minimum Gasteiger partial charge on any atom is -0.276 e. The number of rotatable bonds is 4. The highest BCUT2D eigenvalue weighted by atomic mass is 79.9. The lowest BCUT2D eigenvalue weighted by molar-refractivity contribution is 0.549. The summed E-state index contributed by atoms with van der Waals surface area (Å²) in [4.78, 5) is 1.21. The summed E-state index contributed by atoms with van der Waals surface area (Å²) in [6.07, 6.45) is 2.73. The Morgan fingerprint density at radius 3 is 3.00 bits per heavy atom. The van der Waals surface area contributed by atoms with E-state index in [2.05, 4.69) is 37.9 Å². The molecule has 0 aliphatic rings. The third-order valence-electron chi connectivity index (χ3n) is 2.31. The van der Waals surface area contributed by atoms with Crippen molar-refractivity contribution < 1.29 is 0 Å². The quantitative estimate of drug-likeness (QED) is 0.671. The van der Waals surface area contributed by atoms with Crippen LogP contribution in [-0.4, -0.2) is 9.78 Å². The Labute approximate surface area is 107 Å². The van der Waals surface area contributed by atoms with Gasteiger partial charge in [-0.15, -0.1) is 11.3 Å². The molecule has 1 atom stereocenters. The van der Waals surface area contributed by atoms with Gasteiger partial charge in [0.05, 0.1) is 11.7 Å². The summed E-state index contributed by atoms with van der Waals surface area (Å²) >= 11 is 5.13. The highest BCUT2D eigenvalue weighted by Crippen LogP contribution is 2.27. The Balaban J connectivity index is 2.12. The van der Waals surface area contributed by atoms with E-state index in [9.17, 15) is 0 Å². The van der Waals surface area contributed by atoms with Gasteiger partial charge in [-0.05, 0) is 28.1 Å². The lowest BCUT2D eigenvalue weighted by Gasteiger charge is -2.12. The third-order valence-corrected chi connectivity index (χ3v) is 4.12. The summed E-state index contributed by atoms with van der Waals surface area (Å²) < 4.78 is 2.89. The normalized spacial score (nSPS) is 12.9. The molecular formula is C10H13BrN4S. The van der Waals surface area contributed by atoms with Gasteiger partial charge in [0.2, 0.25) is 0 Å². The first-order chi connectivity index (χ1) is 7.69. The number of hydrazine groups is 1. The topological polar surface area (TPSA) is 55.9 Å². The van der Waals surface area contributed by atoms with E-state index in [1.807, 2.05) is 19.3 Å². The van der Waals surface area contributed by atoms with Crippen LogP contribution in [0.5, 0.6) is 0 Å². The SMILES string of the molecule is Cn1ccc(CC(NN)c2cc(Br)cs2)n1. The fourth-order valence-electron chi connectivity index (χ4n) is 1.53. The number of hydrogen-bond acceptors (Lipinski definition) is 4. The van der Waals surface area contributed by atoms with Crippen LogP contribution < -0.4 is 11.3 Å². The first kappa shape index (κ1) is 11.8. The number of nitrogens with two attached hydrogens (primary N) is 1. The Morgan fingerprint density at radius 2 is 2.50 bits per heavy atom. The molecular weight excluding hydrogens is 288 g/mol. The van der Waals surface area contributed by atoms with Crippen molar-refractivity contribution >= 4 is 27.3 Å². The van der Waals surface area contributed by atoms with Crippen LogP contribution in [0.15, 0.2) is 28.2 Å². The van der Waals surface area contributed by atoms with Crippen LogP contribution in [-0.2, 0) is 13.5 Å². The largest absolute Gasteiger partial charge is 0.276 e. The first-order valence-corrected chi connectivity index (χ1v) is 6.55. The molecule has 0 amide bonds. The molecule has 0 bridgehead atoms. The number of halogens is 1. The molecule has 16 heavy (non-hydrogen) atoms. The molecule has 86 valence electrons. The zero-order chi connectivity index (χ0) is 11.5. The van der Waals surface area contributed by atoms with Crippen LogP contribution in [0, 0.1) is 0 Å². The molecule has 2 heterocycles. The molecule has 2 aromatic rings. The van der Waals surface area contributed by atoms with E-state index in [-0.39, 0.29) is 6.04 Å². The molecule has 2 rings (SSSR count). The summed E-state index contributed by atoms with van der Waals surface area (Å²) in [6.45, 7) is 0. The van der Waals surface area contributed by atoms with E-state index in [1.54, 1.807) is 16.0 Å². The average Bonchev–Trinajstić information content (AvgIpc) is 2.84. The first-order valence-electron chi connectivity index (χ1n) is 4.87. The maximum absolute atomic E-state index is 5.58. The number of aromatic nitrogens is 2. The molecule has 6 heteroatoms. The van der Waals surface area contributed by atoms with Gasteiger partial charge >= 0.3 is 0 Å². The second kappa shape index (κ2) is 5.09. The van der Waals surface area contributed by atoms with Gasteiger partial charge < -0.3 is 0 Å². The smallest absolute Gasteiger partial charge is 0.0644 e. The molecule has 0 radical (unpaired) electrons. The molecule has 0 aliphatic carbocycles. The van der Waals surface area contributed by atoms with Crippen LogP contribution in [0.25, 0.3) is 0 Å². The molecule has 3 N–H and O–H groups in total. The van der Waals surface area contributed by atoms with Crippen LogP contribution >= 0.6 is 27.3 Å². The fourth-order valence-corrected chi connectivity index (χ4v) is 3.04. The van der Waals surface area contributed by atoms with Gasteiger partial charge in [-0.25, -0.2) is 0 Å². The van der Waals surface area contributed by atoms with Gasteiger partial charge in [-0.2, -0.15) is 5.10 Å². The fraction of sp³-hybridized carbons (Fsp3) is 0.300. The highest BCUT2D eigenvalue weighted by molar-refractivity contribution is 9.10. The maximum Gasteiger partial charge on any atom is 0.0644 e. The molecule has 2 aromatic heterocycles. The van der Waals surface area contributed by atoms with Gasteiger partial charge in [-0.3, -0.25) is 16.0 Å². The van der Waals surface area contributed by atoms with Crippen molar-refractivity contribution in [1.29, 1.82) is 0 Å². The minimum absolute atomic E-state index is 0.117. The van der Waals surface area contributed by atoms with Gasteiger partial charge in [-0.1, -0.05) is 0 Å². The van der Waals surface area contributed by atoms with Crippen molar-refractivity contribution in [3.05, 3.63) is 38.8 Å². The van der Waals surface area contributed by atoms with E-state index < -0.39 is 0 Å². The van der Waals surface area contributed by atoms with E-state index >= 15 is 0 Å². The predicted octanol–water partition coefficient (Wildman–Crippen LogP) is 1.99. The number of hydrogen-bond donors (Lipinski definition) is 2. The number of thiophene rings is 1. The molecule has 1 unspecified atom stereocenters. The number of aryl methyl sites for hydroxylation is 1. The van der Waals surface area contributed by atoms with Crippen LogP contribution in [0.3, 0.4) is 0 Å². The summed E-state index contributed by atoms with van der Waals surface area (Å²) in [5.74, 6) is 5.58. The lowest BCUT2D eigenvalue weighted by atomic mass is 10.1. The summed E-state index contributed by atoms with van der Waals surface area (Å²) in [5, 5.41) is 6.40. The summed E-state index contributed by atoms with van der Waals surface area (Å²) in [6, 6.07) is 4.21. The second-order valence-corrected chi connectivity index (χ2v) is 5.43. The van der Waals surface area contributed by atoms with Gasteiger partial charge in [0.1, 0.15) is 0 Å². The summed E-state index contributed by atoms with van der Waals surface area (Å²) in [7, 11) is 1.91. The molecule has 0 spiro atoms. The lowest BCUT2D eigenvalue weighted by Crippen LogP contribution is -2.29. The molecule has 0 saturated carbocycles. The third kappa shape index (κ3) is 2.70. The Kier molecular flexibility index (Phi) is 3.75. The monoisotopic (exact) mass is 300 g/mol. The number of nitrogens with zero attached hydrogens (tertiary/aromatic N) is 2. The highest BCUT2D eigenvalue weighted by Gasteiger charge is 2.14. The average molecular weight is 301 g/mol. The predicted molar refractivity (Wildman–Crippen MR) is 69.0 cm³/mol. The number of nitrogens with one attached hydrogen (secondary N) is 1. The van der Waals surface area contributed by atoms with Crippen molar-refractivity contribution in [1.82, 2.24) is 15.2 Å². The van der Waals surface area contributed by atoms with Crippen LogP contribution in [0.1, 0.15) is 16.6 Å². The zero-order valence-corrected chi connectivity index (χ0v) is 11.3. The molecule has 4 nitrogen and oxygen atoms in total. The Morgan fingerprint density at radius 1 is 1.69 bits per heavy atom. The van der Waals surface area contributed by atoms with Crippen molar-refractivity contribution in [2.24, 2.45) is 12.9 Å². The maximum atomic E-state index is 5.58. The van der Waals surface area contributed by atoms with E-state index in [4.69, 9.17) is 5.84 Å². The van der Waals surface area contributed by atoms with E-state index in [0.717, 1.165) is 16.6 Å². The van der Waals surface area contributed by atoms with Gasteiger partial charge in [0, 0.05) is 34.4 Å². The van der Waals surface area contributed by atoms with Crippen molar-refractivity contribution in [3.63, 3.8) is 0 Å². The van der Waals surface area contributed by atoms with E-state index in [1.165, 1.54) is 4.88 Å². The van der Waals surface area contributed by atoms with Gasteiger partial charge in [0.15, 0.2) is 0 Å². The Bertz CT molecular complexity index is 465. The van der Waals surface area contributed by atoms with Crippen LogP contribution in [0.4, 0.5) is 0 Å². The van der Waals surface area contributed by atoms with E-state index in [0.29, 0.717) is 0 Å².